The smallest absolute Gasteiger partial charge is 0.314 e. The second-order valence-corrected chi connectivity index (χ2v) is 6.13. The molecule has 1 unspecified atom stereocenters. The molecule has 0 aromatic heterocycles. The first-order valence-electron chi connectivity index (χ1n) is 5.74. The lowest BCUT2D eigenvalue weighted by molar-refractivity contribution is -0.146. The Labute approximate surface area is 106 Å². The lowest BCUT2D eigenvalue weighted by atomic mass is 9.94. The van der Waals surface area contributed by atoms with E-state index in [2.05, 4.69) is 10.6 Å². The molecule has 5 nitrogen and oxygen atoms in total. The Balaban J connectivity index is 2.18. The van der Waals surface area contributed by atoms with E-state index in [4.69, 9.17) is 5.11 Å². The van der Waals surface area contributed by atoms with Crippen LogP contribution in [0.25, 0.3) is 0 Å². The Morgan fingerprint density at radius 1 is 1.41 bits per heavy atom. The number of nitrogens with one attached hydrogen (secondary N) is 2. The molecular weight excluding hydrogens is 240 g/mol. The number of hydrogen-bond acceptors (Lipinski definition) is 3. The van der Waals surface area contributed by atoms with Crippen LogP contribution in [0.2, 0.25) is 0 Å². The summed E-state index contributed by atoms with van der Waals surface area (Å²) in [6.45, 7) is 3.98. The molecule has 0 radical (unpaired) electrons. The second kappa shape index (κ2) is 6.14. The first kappa shape index (κ1) is 14.2. The summed E-state index contributed by atoms with van der Waals surface area (Å²) in [4.78, 5) is 22.3. The molecule has 1 saturated heterocycles. The number of carboxylic acid groups (broad SMARTS) is 1. The molecule has 6 heteroatoms. The largest absolute Gasteiger partial charge is 0.481 e. The highest BCUT2D eigenvalue weighted by atomic mass is 32.2. The summed E-state index contributed by atoms with van der Waals surface area (Å²) in [5.41, 5.74) is -0.930. The van der Waals surface area contributed by atoms with Crippen LogP contribution < -0.4 is 10.6 Å². The monoisotopic (exact) mass is 260 g/mol. The minimum absolute atomic E-state index is 0.133. The standard InChI is InChI=1S/C11H20N2O3S/c1-11(2,9(14)15)7-13-10(16)12-5-8-3-4-17-6-8/h8H,3-7H2,1-2H3,(H,14,15)(H2,12,13,16). The van der Waals surface area contributed by atoms with E-state index in [1.807, 2.05) is 11.8 Å². The number of rotatable bonds is 5. The lowest BCUT2D eigenvalue weighted by Gasteiger charge is -2.20. The van der Waals surface area contributed by atoms with E-state index in [9.17, 15) is 9.59 Å². The summed E-state index contributed by atoms with van der Waals surface area (Å²) < 4.78 is 0. The molecule has 0 aromatic rings. The number of urea groups is 1. The van der Waals surface area contributed by atoms with E-state index in [0.717, 1.165) is 12.2 Å². The van der Waals surface area contributed by atoms with Crippen LogP contribution in [0, 0.1) is 11.3 Å². The van der Waals surface area contributed by atoms with Gasteiger partial charge in [0.15, 0.2) is 0 Å². The van der Waals surface area contributed by atoms with Gasteiger partial charge in [-0.25, -0.2) is 4.79 Å². The van der Waals surface area contributed by atoms with Crippen molar-refractivity contribution in [2.75, 3.05) is 24.6 Å². The molecule has 1 heterocycles. The van der Waals surface area contributed by atoms with Gasteiger partial charge in [-0.05, 0) is 37.7 Å². The molecule has 0 spiro atoms. The third-order valence-electron chi connectivity index (χ3n) is 2.85. The van der Waals surface area contributed by atoms with Crippen LogP contribution in [0.1, 0.15) is 20.3 Å². The van der Waals surface area contributed by atoms with E-state index >= 15 is 0 Å². The molecule has 1 fully saturated rings. The van der Waals surface area contributed by atoms with Crippen LogP contribution in [0.5, 0.6) is 0 Å². The van der Waals surface area contributed by atoms with Gasteiger partial charge in [-0.2, -0.15) is 11.8 Å². The Kier molecular flexibility index (Phi) is 5.11. The molecular formula is C11H20N2O3S. The maximum Gasteiger partial charge on any atom is 0.314 e. The van der Waals surface area contributed by atoms with Gasteiger partial charge in [-0.15, -0.1) is 0 Å². The summed E-state index contributed by atoms with van der Waals surface area (Å²) in [5, 5.41) is 14.3. The number of aliphatic carboxylic acids is 1. The van der Waals surface area contributed by atoms with Crippen molar-refractivity contribution in [2.45, 2.75) is 20.3 Å². The van der Waals surface area contributed by atoms with E-state index in [0.29, 0.717) is 12.5 Å². The van der Waals surface area contributed by atoms with E-state index in [1.165, 1.54) is 5.75 Å². The Morgan fingerprint density at radius 3 is 2.65 bits per heavy atom. The fourth-order valence-electron chi connectivity index (χ4n) is 1.42. The molecule has 0 aliphatic carbocycles. The van der Waals surface area contributed by atoms with Gasteiger partial charge in [0.05, 0.1) is 5.41 Å². The van der Waals surface area contributed by atoms with Crippen LogP contribution >= 0.6 is 11.8 Å². The fraction of sp³-hybridized carbons (Fsp3) is 0.818. The van der Waals surface area contributed by atoms with Gasteiger partial charge < -0.3 is 15.7 Å². The summed E-state index contributed by atoms with van der Waals surface area (Å²) in [6, 6.07) is -0.281. The van der Waals surface area contributed by atoms with Crippen molar-refractivity contribution in [1.29, 1.82) is 0 Å². The van der Waals surface area contributed by atoms with Gasteiger partial charge in [0, 0.05) is 13.1 Å². The molecule has 1 aliphatic heterocycles. The minimum Gasteiger partial charge on any atom is -0.481 e. The Morgan fingerprint density at radius 2 is 2.12 bits per heavy atom. The predicted molar refractivity (Wildman–Crippen MR) is 68.3 cm³/mol. The van der Waals surface area contributed by atoms with Gasteiger partial charge in [0.25, 0.3) is 0 Å². The summed E-state index contributed by atoms with van der Waals surface area (Å²) in [6.07, 6.45) is 1.14. The summed E-state index contributed by atoms with van der Waals surface area (Å²) in [7, 11) is 0. The molecule has 3 N–H and O–H groups in total. The normalized spacial score (nSPS) is 20.0. The topological polar surface area (TPSA) is 78.4 Å². The van der Waals surface area contributed by atoms with Crippen molar-refractivity contribution < 1.29 is 14.7 Å². The molecule has 1 rings (SSSR count). The van der Waals surface area contributed by atoms with Crippen molar-refractivity contribution in [2.24, 2.45) is 11.3 Å². The molecule has 0 aromatic carbocycles. The number of carbonyl (C=O) groups excluding carboxylic acids is 1. The lowest BCUT2D eigenvalue weighted by Crippen LogP contribution is -2.44. The zero-order valence-corrected chi connectivity index (χ0v) is 11.1. The molecule has 1 aliphatic rings. The van der Waals surface area contributed by atoms with E-state index in [1.54, 1.807) is 13.8 Å². The van der Waals surface area contributed by atoms with E-state index in [-0.39, 0.29) is 12.6 Å². The van der Waals surface area contributed by atoms with Crippen LogP contribution in [0.3, 0.4) is 0 Å². The Hall–Kier alpha value is -0.910. The maximum absolute atomic E-state index is 11.4. The number of amides is 2. The highest BCUT2D eigenvalue weighted by Crippen LogP contribution is 2.22. The first-order chi connectivity index (χ1) is 7.92. The van der Waals surface area contributed by atoms with Crippen molar-refractivity contribution in [3.05, 3.63) is 0 Å². The highest BCUT2D eigenvalue weighted by Gasteiger charge is 2.27. The highest BCUT2D eigenvalue weighted by molar-refractivity contribution is 7.99. The van der Waals surface area contributed by atoms with Crippen LogP contribution in [-0.2, 0) is 4.79 Å². The second-order valence-electron chi connectivity index (χ2n) is 4.98. The number of hydrogen-bond donors (Lipinski definition) is 3. The molecule has 0 saturated carbocycles. The number of thioether (sulfide) groups is 1. The van der Waals surface area contributed by atoms with Gasteiger partial charge in [-0.1, -0.05) is 0 Å². The first-order valence-corrected chi connectivity index (χ1v) is 6.90. The van der Waals surface area contributed by atoms with E-state index < -0.39 is 11.4 Å². The van der Waals surface area contributed by atoms with Gasteiger partial charge >= 0.3 is 12.0 Å². The molecule has 17 heavy (non-hydrogen) atoms. The molecule has 2 amide bonds. The zero-order valence-electron chi connectivity index (χ0n) is 10.3. The quantitative estimate of drug-likeness (QED) is 0.693. The average Bonchev–Trinajstić information content (AvgIpc) is 2.76. The van der Waals surface area contributed by atoms with Gasteiger partial charge in [0.2, 0.25) is 0 Å². The summed E-state index contributed by atoms with van der Waals surface area (Å²) >= 11 is 1.91. The van der Waals surface area contributed by atoms with Crippen LogP contribution in [0.4, 0.5) is 4.79 Å². The molecule has 98 valence electrons. The number of carbonyl (C=O) groups is 2. The molecule has 0 bridgehead atoms. The van der Waals surface area contributed by atoms with Crippen molar-refractivity contribution in [1.82, 2.24) is 10.6 Å². The maximum atomic E-state index is 11.4. The van der Waals surface area contributed by atoms with Crippen molar-refractivity contribution >= 4 is 23.8 Å². The summed E-state index contributed by atoms with van der Waals surface area (Å²) in [5.74, 6) is 1.91. The Bertz CT molecular complexity index is 288. The SMILES string of the molecule is CC(C)(CNC(=O)NCC1CCSC1)C(=O)O. The van der Waals surface area contributed by atoms with Crippen LogP contribution in [-0.4, -0.2) is 41.7 Å². The fourth-order valence-corrected chi connectivity index (χ4v) is 2.71. The van der Waals surface area contributed by atoms with Gasteiger partial charge in [0.1, 0.15) is 0 Å². The van der Waals surface area contributed by atoms with Gasteiger partial charge in [-0.3, -0.25) is 4.79 Å². The predicted octanol–water partition coefficient (Wildman–Crippen LogP) is 1.15. The average molecular weight is 260 g/mol. The minimum atomic E-state index is -0.930. The number of carboxylic acids is 1. The van der Waals surface area contributed by atoms with Crippen molar-refractivity contribution in [3.8, 4) is 0 Å². The zero-order chi connectivity index (χ0) is 12.9. The molecule has 1 atom stereocenters. The third-order valence-corrected chi connectivity index (χ3v) is 4.08. The van der Waals surface area contributed by atoms with Crippen molar-refractivity contribution in [3.63, 3.8) is 0 Å². The van der Waals surface area contributed by atoms with Crippen LogP contribution in [0.15, 0.2) is 0 Å². The third kappa shape index (κ3) is 4.85.